The van der Waals surface area contributed by atoms with Crippen molar-refractivity contribution in [2.24, 2.45) is 0 Å². The van der Waals surface area contributed by atoms with Gasteiger partial charge in [-0.3, -0.25) is 9.78 Å². The van der Waals surface area contributed by atoms with E-state index >= 15 is 0 Å². The molecule has 4 rings (SSSR count). The number of nitrogens with zero attached hydrogens (tertiary/aromatic N) is 1. The monoisotopic (exact) mass is 527 g/mol. The summed E-state index contributed by atoms with van der Waals surface area (Å²) in [5, 5.41) is 5.45. The number of carbonyl (C=O) groups excluding carboxylic acids is 1. The van der Waals surface area contributed by atoms with Gasteiger partial charge < -0.3 is 20.1 Å². The molecule has 0 saturated heterocycles. The van der Waals surface area contributed by atoms with Gasteiger partial charge in [-0.25, -0.2) is 4.39 Å². The van der Waals surface area contributed by atoms with E-state index in [2.05, 4.69) is 15.6 Å². The fourth-order valence-corrected chi connectivity index (χ4v) is 4.04. The van der Waals surface area contributed by atoms with Crippen molar-refractivity contribution in [3.05, 3.63) is 89.9 Å². The molecule has 1 heterocycles. The number of hydrogen-bond donors (Lipinski definition) is 2. The van der Waals surface area contributed by atoms with Crippen LogP contribution in [0.2, 0.25) is 0 Å². The van der Waals surface area contributed by atoms with Crippen LogP contribution in [0.1, 0.15) is 17.5 Å². The first-order chi connectivity index (χ1) is 18.2. The summed E-state index contributed by atoms with van der Waals surface area (Å²) in [4.78, 5) is 16.7. The molecule has 4 aromatic rings. The summed E-state index contributed by atoms with van der Waals surface area (Å²) in [6.45, 7) is 0. The average Bonchev–Trinajstić information content (AvgIpc) is 2.89. The van der Waals surface area contributed by atoms with Crippen molar-refractivity contribution in [2.75, 3.05) is 24.9 Å². The van der Waals surface area contributed by atoms with Crippen molar-refractivity contribution in [2.45, 2.75) is 25.1 Å². The predicted octanol–water partition coefficient (Wildman–Crippen LogP) is 6.35. The largest absolute Gasteiger partial charge is 0.493 e. The third kappa shape index (κ3) is 6.31. The molecular weight excluding hydrogens is 502 g/mol. The molecule has 1 atom stereocenters. The maximum Gasteiger partial charge on any atom is 0.409 e. The van der Waals surface area contributed by atoms with Crippen molar-refractivity contribution in [1.82, 2.24) is 4.98 Å². The first kappa shape index (κ1) is 26.7. The molecule has 6 nitrogen and oxygen atoms in total. The highest BCUT2D eigenvalue weighted by atomic mass is 19.4. The van der Waals surface area contributed by atoms with Gasteiger partial charge in [0.25, 0.3) is 0 Å². The molecule has 0 aliphatic rings. The standard InChI is InChI=1S/C28H25F4N3O3/c1-37-24-14-21-17(10-11-33-23(21)15-25(24)38-2)12-18-8-9-20(13-22(18)29)35-27(36)16-26(28(30,31)32)34-19-6-4-3-5-7-19/h3-11,13-15,26,34H,12,16H2,1-2H3,(H,35,36). The van der Waals surface area contributed by atoms with Gasteiger partial charge in [0.05, 0.1) is 26.2 Å². The number of hydrogen-bond acceptors (Lipinski definition) is 5. The molecule has 1 aromatic heterocycles. The van der Waals surface area contributed by atoms with E-state index in [-0.39, 0.29) is 17.8 Å². The van der Waals surface area contributed by atoms with Crippen molar-refractivity contribution in [3.8, 4) is 11.5 Å². The summed E-state index contributed by atoms with van der Waals surface area (Å²) in [5.41, 5.74) is 2.06. The van der Waals surface area contributed by atoms with E-state index in [1.165, 1.54) is 38.5 Å². The number of anilines is 2. The van der Waals surface area contributed by atoms with Gasteiger partial charge in [-0.2, -0.15) is 13.2 Å². The number of ether oxygens (including phenoxy) is 2. The van der Waals surface area contributed by atoms with Gasteiger partial charge in [0.15, 0.2) is 11.5 Å². The maximum atomic E-state index is 15.0. The number of amides is 1. The Bertz CT molecular complexity index is 1430. The molecule has 3 aromatic carbocycles. The van der Waals surface area contributed by atoms with Crippen LogP contribution in [0.3, 0.4) is 0 Å². The van der Waals surface area contributed by atoms with E-state index in [4.69, 9.17) is 9.47 Å². The predicted molar refractivity (Wildman–Crippen MR) is 137 cm³/mol. The summed E-state index contributed by atoms with van der Waals surface area (Å²) in [6.07, 6.45) is -3.72. The number of nitrogens with one attached hydrogen (secondary N) is 2. The van der Waals surface area contributed by atoms with Crippen LogP contribution in [0.4, 0.5) is 28.9 Å². The fourth-order valence-electron chi connectivity index (χ4n) is 4.04. The van der Waals surface area contributed by atoms with Crippen molar-refractivity contribution in [1.29, 1.82) is 0 Å². The van der Waals surface area contributed by atoms with Crippen LogP contribution >= 0.6 is 0 Å². The highest BCUT2D eigenvalue weighted by Gasteiger charge is 2.41. The lowest BCUT2D eigenvalue weighted by atomic mass is 10.00. The van der Waals surface area contributed by atoms with Gasteiger partial charge in [0, 0.05) is 35.4 Å². The van der Waals surface area contributed by atoms with E-state index in [1.807, 2.05) is 0 Å². The molecule has 0 radical (unpaired) electrons. The second kappa shape index (κ2) is 11.4. The molecule has 0 aliphatic carbocycles. The molecule has 0 saturated carbocycles. The molecule has 2 N–H and O–H groups in total. The van der Waals surface area contributed by atoms with Gasteiger partial charge in [0.1, 0.15) is 11.9 Å². The van der Waals surface area contributed by atoms with Gasteiger partial charge in [-0.05, 0) is 47.5 Å². The fraction of sp³-hybridized carbons (Fsp3) is 0.214. The molecular formula is C28H25F4N3O3. The van der Waals surface area contributed by atoms with Crippen LogP contribution in [0.15, 0.2) is 72.9 Å². The van der Waals surface area contributed by atoms with E-state index in [9.17, 15) is 22.4 Å². The Hall–Kier alpha value is -4.34. The second-order valence-electron chi connectivity index (χ2n) is 8.53. The number of para-hydroxylation sites is 1. The Morgan fingerprint density at radius 3 is 2.29 bits per heavy atom. The molecule has 0 bridgehead atoms. The quantitative estimate of drug-likeness (QED) is 0.248. The molecule has 198 valence electrons. The second-order valence-corrected chi connectivity index (χ2v) is 8.53. The minimum Gasteiger partial charge on any atom is -0.493 e. The zero-order valence-electron chi connectivity index (χ0n) is 20.6. The van der Waals surface area contributed by atoms with Crippen LogP contribution in [0, 0.1) is 5.82 Å². The minimum atomic E-state index is -4.66. The van der Waals surface area contributed by atoms with Crippen LogP contribution in [-0.4, -0.2) is 37.3 Å². The lowest BCUT2D eigenvalue weighted by Crippen LogP contribution is -2.39. The number of pyridine rings is 1. The molecule has 10 heteroatoms. The van der Waals surface area contributed by atoms with Crippen LogP contribution in [0.5, 0.6) is 11.5 Å². The number of halogens is 4. The lowest BCUT2D eigenvalue weighted by molar-refractivity contribution is -0.148. The van der Waals surface area contributed by atoms with Crippen LogP contribution in [-0.2, 0) is 11.2 Å². The normalized spacial score (nSPS) is 12.2. The van der Waals surface area contributed by atoms with Crippen LogP contribution in [0.25, 0.3) is 10.9 Å². The average molecular weight is 528 g/mol. The minimum absolute atomic E-state index is 0.0582. The molecule has 1 amide bonds. The summed E-state index contributed by atoms with van der Waals surface area (Å²) in [6, 6.07) is 15.0. The summed E-state index contributed by atoms with van der Waals surface area (Å²) in [7, 11) is 3.04. The summed E-state index contributed by atoms with van der Waals surface area (Å²) >= 11 is 0. The van der Waals surface area contributed by atoms with Crippen molar-refractivity contribution >= 4 is 28.2 Å². The highest BCUT2D eigenvalue weighted by molar-refractivity contribution is 5.91. The summed E-state index contributed by atoms with van der Waals surface area (Å²) in [5.74, 6) is -0.485. The van der Waals surface area contributed by atoms with Crippen LogP contribution < -0.4 is 20.1 Å². The number of fused-ring (bicyclic) bond motifs is 1. The zero-order valence-corrected chi connectivity index (χ0v) is 20.6. The third-order valence-corrected chi connectivity index (χ3v) is 5.95. The smallest absolute Gasteiger partial charge is 0.409 e. The number of alkyl halides is 3. The van der Waals surface area contributed by atoms with Gasteiger partial charge in [0.2, 0.25) is 5.91 Å². The van der Waals surface area contributed by atoms with Crippen molar-refractivity contribution < 1.29 is 31.8 Å². The first-order valence-electron chi connectivity index (χ1n) is 11.6. The van der Waals surface area contributed by atoms with Gasteiger partial charge in [-0.1, -0.05) is 24.3 Å². The van der Waals surface area contributed by atoms with Gasteiger partial charge >= 0.3 is 6.18 Å². The number of benzene rings is 3. The first-order valence-corrected chi connectivity index (χ1v) is 11.6. The van der Waals surface area contributed by atoms with Crippen molar-refractivity contribution in [3.63, 3.8) is 0 Å². The topological polar surface area (TPSA) is 72.5 Å². The van der Waals surface area contributed by atoms with E-state index in [0.717, 1.165) is 17.0 Å². The number of aromatic nitrogens is 1. The van der Waals surface area contributed by atoms with E-state index in [0.29, 0.717) is 22.6 Å². The molecule has 38 heavy (non-hydrogen) atoms. The highest BCUT2D eigenvalue weighted by Crippen LogP contribution is 2.34. The van der Waals surface area contributed by atoms with E-state index in [1.54, 1.807) is 42.6 Å². The Labute approximate surface area is 216 Å². The van der Waals surface area contributed by atoms with Gasteiger partial charge in [-0.15, -0.1) is 0 Å². The third-order valence-electron chi connectivity index (χ3n) is 5.95. The molecule has 1 unspecified atom stereocenters. The maximum absolute atomic E-state index is 15.0. The Balaban J connectivity index is 1.48. The lowest BCUT2D eigenvalue weighted by Gasteiger charge is -2.22. The number of rotatable bonds is 9. The zero-order chi connectivity index (χ0) is 27.3. The summed E-state index contributed by atoms with van der Waals surface area (Å²) < 4.78 is 66.2. The van der Waals surface area contributed by atoms with E-state index < -0.39 is 30.4 Å². The number of carbonyl (C=O) groups is 1. The Morgan fingerprint density at radius 2 is 1.63 bits per heavy atom. The Morgan fingerprint density at radius 1 is 0.921 bits per heavy atom. The SMILES string of the molecule is COc1cc2nccc(Cc3ccc(NC(=O)CC(Nc4ccccc4)C(F)(F)F)cc3F)c2cc1OC. The Kier molecular flexibility index (Phi) is 7.99. The molecule has 0 fully saturated rings. The molecule has 0 aliphatic heterocycles. The molecule has 0 spiro atoms. The number of methoxy groups -OCH3 is 2.